The maximum atomic E-state index is 14.0. The Morgan fingerprint density at radius 2 is 2.06 bits per heavy atom. The lowest BCUT2D eigenvalue weighted by Crippen LogP contribution is -2.51. The predicted molar refractivity (Wildman–Crippen MR) is 130 cm³/mol. The van der Waals surface area contributed by atoms with Gasteiger partial charge in [0.25, 0.3) is 0 Å². The number of hydroxylamine groups is 2. The Bertz CT molecular complexity index is 825. The van der Waals surface area contributed by atoms with Crippen molar-refractivity contribution in [3.63, 3.8) is 0 Å². The van der Waals surface area contributed by atoms with Gasteiger partial charge in [0.05, 0.1) is 13.7 Å². The zero-order chi connectivity index (χ0) is 26.0. The van der Waals surface area contributed by atoms with E-state index in [1.54, 1.807) is 31.1 Å². The molecule has 1 aliphatic rings. The van der Waals surface area contributed by atoms with Crippen LogP contribution in [0.4, 0.5) is 14.0 Å². The first-order valence-electron chi connectivity index (χ1n) is 12.2. The number of urea groups is 1. The summed E-state index contributed by atoms with van der Waals surface area (Å²) in [5.74, 6) is 5.56. The molecule has 1 aliphatic heterocycles. The number of hydrogen-bond donors (Lipinski definition) is 1. The van der Waals surface area contributed by atoms with Gasteiger partial charge in [-0.25, -0.2) is 19.8 Å². The fourth-order valence-electron chi connectivity index (χ4n) is 4.49. The van der Waals surface area contributed by atoms with Crippen LogP contribution in [-0.2, 0) is 14.3 Å². The van der Waals surface area contributed by atoms with Crippen molar-refractivity contribution in [3.8, 4) is 0 Å². The van der Waals surface area contributed by atoms with Crippen LogP contribution in [-0.4, -0.2) is 74.1 Å². The summed E-state index contributed by atoms with van der Waals surface area (Å²) in [6.45, 7) is 8.28. The number of carbonyl (C=O) groups is 2. The minimum Gasteiger partial charge on any atom is -0.451 e. The first-order valence-corrected chi connectivity index (χ1v) is 12.2. The van der Waals surface area contributed by atoms with Crippen LogP contribution >= 0.6 is 0 Å². The van der Waals surface area contributed by atoms with Gasteiger partial charge in [0.1, 0.15) is 11.9 Å². The molecule has 10 heteroatoms. The minimum absolute atomic E-state index is 0.00909. The zero-order valence-corrected chi connectivity index (χ0v) is 21.7. The lowest BCUT2D eigenvalue weighted by molar-refractivity contribution is -0.193. The monoisotopic (exact) mass is 496 g/mol. The fourth-order valence-corrected chi connectivity index (χ4v) is 4.49. The number of methoxy groups -OCH3 is 2. The number of likely N-dealkylation sites (tertiary alicyclic amines) is 1. The number of ether oxygens (including phenoxy) is 2. The minimum atomic E-state index is -0.638. The molecule has 0 aliphatic carbocycles. The molecule has 0 bridgehead atoms. The lowest BCUT2D eigenvalue weighted by Gasteiger charge is -2.39. The first kappa shape index (κ1) is 28.8. The van der Waals surface area contributed by atoms with Crippen molar-refractivity contribution in [1.29, 1.82) is 0 Å². The van der Waals surface area contributed by atoms with Gasteiger partial charge in [-0.3, -0.25) is 9.85 Å². The lowest BCUT2D eigenvalue weighted by atomic mass is 9.88. The van der Waals surface area contributed by atoms with Gasteiger partial charge >= 0.3 is 12.1 Å². The Labute approximate surface area is 208 Å². The summed E-state index contributed by atoms with van der Waals surface area (Å²) >= 11 is 0. The highest BCUT2D eigenvalue weighted by molar-refractivity contribution is 5.73. The SMILES string of the molecule is CCN(O[C@@H](c1cccc(F)c1)C1CCCN(C(=O)N(N)CCCC(C)(C)COC)C1)C(=O)OC. The molecule has 1 aromatic rings. The number of hydrogen-bond acceptors (Lipinski definition) is 6. The Balaban J connectivity index is 2.10. The van der Waals surface area contributed by atoms with E-state index in [9.17, 15) is 14.0 Å². The molecule has 0 spiro atoms. The molecular formula is C25H41FN4O5. The molecule has 9 nitrogen and oxygen atoms in total. The average Bonchev–Trinajstić information content (AvgIpc) is 2.83. The summed E-state index contributed by atoms with van der Waals surface area (Å²) in [4.78, 5) is 33.0. The van der Waals surface area contributed by atoms with Gasteiger partial charge < -0.3 is 14.4 Å². The number of benzene rings is 1. The molecule has 1 saturated heterocycles. The molecular weight excluding hydrogens is 455 g/mol. The number of carbonyl (C=O) groups excluding carboxylic acids is 2. The second-order valence-corrected chi connectivity index (χ2v) is 9.77. The maximum Gasteiger partial charge on any atom is 0.433 e. The molecule has 1 fully saturated rings. The number of rotatable bonds is 11. The highest BCUT2D eigenvalue weighted by Crippen LogP contribution is 2.34. The molecule has 2 N–H and O–H groups in total. The van der Waals surface area contributed by atoms with E-state index in [1.807, 2.05) is 0 Å². The summed E-state index contributed by atoms with van der Waals surface area (Å²) in [6, 6.07) is 5.87. The van der Waals surface area contributed by atoms with Crippen LogP contribution in [0.2, 0.25) is 0 Å². The van der Waals surface area contributed by atoms with Crippen molar-refractivity contribution in [2.24, 2.45) is 17.2 Å². The number of amides is 3. The molecule has 1 unspecified atom stereocenters. The van der Waals surface area contributed by atoms with E-state index in [-0.39, 0.29) is 23.9 Å². The highest BCUT2D eigenvalue weighted by atomic mass is 19.1. The topological polar surface area (TPSA) is 97.6 Å². The van der Waals surface area contributed by atoms with E-state index in [2.05, 4.69) is 13.8 Å². The van der Waals surface area contributed by atoms with E-state index in [0.29, 0.717) is 31.8 Å². The normalized spacial score (nSPS) is 17.1. The molecule has 0 aromatic heterocycles. The van der Waals surface area contributed by atoms with Crippen molar-refractivity contribution in [1.82, 2.24) is 15.0 Å². The van der Waals surface area contributed by atoms with Gasteiger partial charge in [-0.1, -0.05) is 26.0 Å². The summed E-state index contributed by atoms with van der Waals surface area (Å²) in [7, 11) is 2.96. The Morgan fingerprint density at radius 1 is 1.31 bits per heavy atom. The molecule has 1 aromatic carbocycles. The second-order valence-electron chi connectivity index (χ2n) is 9.77. The van der Waals surface area contributed by atoms with Gasteiger partial charge in [-0.15, -0.1) is 0 Å². The third kappa shape index (κ3) is 8.63. The van der Waals surface area contributed by atoms with Crippen LogP contribution in [0.1, 0.15) is 58.1 Å². The van der Waals surface area contributed by atoms with Crippen LogP contribution in [0, 0.1) is 17.2 Å². The van der Waals surface area contributed by atoms with Crippen LogP contribution in [0.3, 0.4) is 0 Å². The largest absolute Gasteiger partial charge is 0.451 e. The quantitative estimate of drug-likeness (QED) is 0.278. The number of nitrogens with two attached hydrogens (primary N) is 1. The molecule has 0 saturated carbocycles. The van der Waals surface area contributed by atoms with E-state index < -0.39 is 18.0 Å². The molecule has 1 heterocycles. The number of piperidine rings is 1. The molecule has 198 valence electrons. The predicted octanol–water partition coefficient (Wildman–Crippen LogP) is 4.35. The van der Waals surface area contributed by atoms with E-state index >= 15 is 0 Å². The van der Waals surface area contributed by atoms with Gasteiger partial charge in [0, 0.05) is 39.2 Å². The Hall–Kier alpha value is -2.43. The van der Waals surface area contributed by atoms with Gasteiger partial charge in [-0.05, 0) is 55.7 Å². The van der Waals surface area contributed by atoms with Crippen molar-refractivity contribution >= 4 is 12.1 Å². The molecule has 0 radical (unpaired) electrons. The van der Waals surface area contributed by atoms with Gasteiger partial charge in [-0.2, -0.15) is 5.06 Å². The smallest absolute Gasteiger partial charge is 0.433 e. The summed E-state index contributed by atoms with van der Waals surface area (Å²) < 4.78 is 24.1. The van der Waals surface area contributed by atoms with Crippen molar-refractivity contribution < 1.29 is 28.3 Å². The number of halogens is 1. The Morgan fingerprint density at radius 3 is 2.69 bits per heavy atom. The van der Waals surface area contributed by atoms with Crippen molar-refractivity contribution in [2.45, 2.75) is 52.6 Å². The zero-order valence-electron chi connectivity index (χ0n) is 21.7. The maximum absolute atomic E-state index is 14.0. The fraction of sp³-hybridized carbons (Fsp3) is 0.680. The van der Waals surface area contributed by atoms with Crippen LogP contribution in [0.25, 0.3) is 0 Å². The Kier molecular flexibility index (Phi) is 11.2. The molecule has 2 atom stereocenters. The number of nitrogens with zero attached hydrogens (tertiary/aromatic N) is 3. The highest BCUT2D eigenvalue weighted by Gasteiger charge is 2.35. The van der Waals surface area contributed by atoms with E-state index in [4.69, 9.17) is 20.2 Å². The van der Waals surface area contributed by atoms with Gasteiger partial charge in [0.2, 0.25) is 0 Å². The first-order chi connectivity index (χ1) is 16.6. The van der Waals surface area contributed by atoms with Crippen LogP contribution in [0.15, 0.2) is 24.3 Å². The summed E-state index contributed by atoms with van der Waals surface area (Å²) in [5.41, 5.74) is 0.603. The number of hydrazine groups is 1. The summed E-state index contributed by atoms with van der Waals surface area (Å²) in [5, 5.41) is 2.38. The van der Waals surface area contributed by atoms with E-state index in [0.717, 1.165) is 30.7 Å². The van der Waals surface area contributed by atoms with Crippen LogP contribution in [0.5, 0.6) is 0 Å². The van der Waals surface area contributed by atoms with E-state index in [1.165, 1.54) is 24.3 Å². The molecule has 3 amide bonds. The molecule has 2 rings (SSSR count). The average molecular weight is 497 g/mol. The third-order valence-corrected chi connectivity index (χ3v) is 6.27. The standard InChI is InChI=1S/C25H41FN4O5/c1-6-30(24(32)34-5)35-22(19-10-7-12-21(26)16-19)20-11-8-14-28(17-20)23(31)29(27)15-9-13-25(2,3)18-33-4/h7,10,12,16,20,22H,6,8-9,11,13-15,17-18,27H2,1-5H3/t20?,22-/m0/s1. The third-order valence-electron chi connectivity index (χ3n) is 6.27. The van der Waals surface area contributed by atoms with Gasteiger partial charge in [0.15, 0.2) is 0 Å². The summed E-state index contributed by atoms with van der Waals surface area (Å²) in [6.07, 6.45) is 1.85. The molecule has 35 heavy (non-hydrogen) atoms. The second kappa shape index (κ2) is 13.6. The van der Waals surface area contributed by atoms with Crippen molar-refractivity contribution in [2.75, 3.05) is 47.0 Å². The van der Waals surface area contributed by atoms with Crippen LogP contribution < -0.4 is 5.84 Å². The van der Waals surface area contributed by atoms with Crippen molar-refractivity contribution in [3.05, 3.63) is 35.6 Å².